The maximum Gasteiger partial charge on any atom is 0.0361 e. The van der Waals surface area contributed by atoms with Gasteiger partial charge in [-0.15, -0.1) is 0 Å². The molecule has 0 saturated heterocycles. The second kappa shape index (κ2) is 11.8. The molecule has 42 heavy (non-hydrogen) atoms. The van der Waals surface area contributed by atoms with Gasteiger partial charge in [0.25, 0.3) is 0 Å². The lowest BCUT2D eigenvalue weighted by atomic mass is 9.85. The van der Waals surface area contributed by atoms with Crippen LogP contribution in [0.1, 0.15) is 0 Å². The van der Waals surface area contributed by atoms with Gasteiger partial charge in [-0.05, 0) is 79.9 Å². The predicted octanol–water partition coefficient (Wildman–Crippen LogP) is 10.2. The van der Waals surface area contributed by atoms with Crippen LogP contribution in [0.25, 0.3) is 55.6 Å². The molecular weight excluding hydrogens is 508 g/mol. The summed E-state index contributed by atoms with van der Waals surface area (Å²) >= 11 is 0. The number of rotatable bonds is 7. The van der Waals surface area contributed by atoms with Crippen LogP contribution in [-0.4, -0.2) is 28.2 Å². The number of hydrogen-bond acceptors (Lipinski definition) is 2. The van der Waals surface area contributed by atoms with Gasteiger partial charge in [0.2, 0.25) is 0 Å². The smallest absolute Gasteiger partial charge is 0.0361 e. The van der Waals surface area contributed by atoms with E-state index in [0.29, 0.717) is 0 Å². The van der Waals surface area contributed by atoms with Crippen LogP contribution < -0.4 is 9.80 Å². The Morgan fingerprint density at radius 1 is 0.262 bits per heavy atom. The predicted molar refractivity (Wildman–Crippen MR) is 182 cm³/mol. The zero-order chi connectivity index (χ0) is 29.1. The minimum Gasteiger partial charge on any atom is -0.378 e. The minimum absolute atomic E-state index is 1.19. The third-order valence-electron chi connectivity index (χ3n) is 7.97. The number of anilines is 2. The van der Waals surface area contributed by atoms with Crippen molar-refractivity contribution in [1.29, 1.82) is 0 Å². The van der Waals surface area contributed by atoms with Gasteiger partial charge in [-0.1, -0.05) is 121 Å². The summed E-state index contributed by atoms with van der Waals surface area (Å²) in [5.74, 6) is 0. The van der Waals surface area contributed by atoms with Crippen LogP contribution in [-0.2, 0) is 0 Å². The fourth-order valence-electron chi connectivity index (χ4n) is 5.72. The lowest BCUT2D eigenvalue weighted by molar-refractivity contribution is 1.13. The summed E-state index contributed by atoms with van der Waals surface area (Å²) in [5, 5.41) is 0. The van der Waals surface area contributed by atoms with Gasteiger partial charge in [0.1, 0.15) is 0 Å². The monoisotopic (exact) mass is 544 g/mol. The largest absolute Gasteiger partial charge is 0.378 e. The molecule has 0 aliphatic carbocycles. The van der Waals surface area contributed by atoms with E-state index in [9.17, 15) is 0 Å². The highest BCUT2D eigenvalue weighted by Gasteiger charge is 2.17. The summed E-state index contributed by atoms with van der Waals surface area (Å²) in [6.45, 7) is 0. The quantitative estimate of drug-likeness (QED) is 0.197. The van der Waals surface area contributed by atoms with Crippen molar-refractivity contribution in [2.75, 3.05) is 38.0 Å². The first kappa shape index (κ1) is 27.1. The highest BCUT2D eigenvalue weighted by Crippen LogP contribution is 2.43. The molecule has 6 aromatic carbocycles. The van der Waals surface area contributed by atoms with Gasteiger partial charge in [0.05, 0.1) is 0 Å². The maximum atomic E-state index is 2.26. The Hall–Kier alpha value is -5.08. The molecule has 0 radical (unpaired) electrons. The van der Waals surface area contributed by atoms with Crippen molar-refractivity contribution >= 4 is 11.4 Å². The Morgan fingerprint density at radius 3 is 0.714 bits per heavy atom. The molecule has 0 aliphatic rings. The molecule has 0 saturated carbocycles. The van der Waals surface area contributed by atoms with Crippen LogP contribution in [0.4, 0.5) is 11.4 Å². The van der Waals surface area contributed by atoms with Gasteiger partial charge in [0, 0.05) is 39.6 Å². The SMILES string of the molecule is CN(C)c1ccc(-c2ccccc2-c2ccccc2-c2ccccc2-c2ccccc2-c2ccc(N(C)C)cc2)cc1. The molecule has 6 aromatic rings. The molecule has 0 aromatic heterocycles. The minimum atomic E-state index is 1.19. The van der Waals surface area contributed by atoms with Crippen LogP contribution in [0.5, 0.6) is 0 Å². The van der Waals surface area contributed by atoms with E-state index in [2.05, 4.69) is 184 Å². The van der Waals surface area contributed by atoms with Gasteiger partial charge < -0.3 is 9.80 Å². The van der Waals surface area contributed by atoms with Crippen molar-refractivity contribution in [1.82, 2.24) is 0 Å². The first-order valence-corrected chi connectivity index (χ1v) is 14.4. The molecule has 0 bridgehead atoms. The van der Waals surface area contributed by atoms with Gasteiger partial charge in [-0.25, -0.2) is 0 Å². The van der Waals surface area contributed by atoms with E-state index < -0.39 is 0 Å². The summed E-state index contributed by atoms with van der Waals surface area (Å²) in [4.78, 5) is 4.27. The lowest BCUT2D eigenvalue weighted by Crippen LogP contribution is -2.07. The van der Waals surface area contributed by atoms with Crippen molar-refractivity contribution in [3.63, 3.8) is 0 Å². The van der Waals surface area contributed by atoms with E-state index in [1.807, 2.05) is 0 Å². The second-order valence-electron chi connectivity index (χ2n) is 11.1. The summed E-state index contributed by atoms with van der Waals surface area (Å²) in [6.07, 6.45) is 0. The zero-order valence-electron chi connectivity index (χ0n) is 24.8. The molecule has 0 fully saturated rings. The number of hydrogen-bond donors (Lipinski definition) is 0. The van der Waals surface area contributed by atoms with Gasteiger partial charge in [-0.2, -0.15) is 0 Å². The molecule has 2 heteroatoms. The fraction of sp³-hybridized carbons (Fsp3) is 0.100. The Balaban J connectivity index is 1.49. The fourth-order valence-corrected chi connectivity index (χ4v) is 5.72. The normalized spacial score (nSPS) is 10.9. The molecule has 206 valence electrons. The number of nitrogens with zero attached hydrogens (tertiary/aromatic N) is 2. The first-order chi connectivity index (χ1) is 20.5. The standard InChI is InChI=1S/C40H36N2/c1-41(2)31-25-21-29(22-26-31)33-13-5-7-15-35(33)37-17-9-11-19-39(37)40-20-12-10-18-38(40)36-16-8-6-14-34(36)30-23-27-32(28-24-30)42(3)4/h5-28H,1-4H3. The Bertz CT molecular complexity index is 1680. The van der Waals surface area contributed by atoms with Gasteiger partial charge >= 0.3 is 0 Å². The van der Waals surface area contributed by atoms with Gasteiger partial charge in [-0.3, -0.25) is 0 Å². The van der Waals surface area contributed by atoms with Gasteiger partial charge in [0.15, 0.2) is 0 Å². The third kappa shape index (κ3) is 5.32. The lowest BCUT2D eigenvalue weighted by Gasteiger charge is -2.19. The Kier molecular flexibility index (Phi) is 7.62. The van der Waals surface area contributed by atoms with Crippen molar-refractivity contribution in [2.45, 2.75) is 0 Å². The van der Waals surface area contributed by atoms with E-state index in [1.54, 1.807) is 0 Å². The van der Waals surface area contributed by atoms with Crippen LogP contribution in [0.2, 0.25) is 0 Å². The van der Waals surface area contributed by atoms with Crippen LogP contribution in [0.15, 0.2) is 146 Å². The summed E-state index contributed by atoms with van der Waals surface area (Å²) in [6, 6.07) is 52.8. The summed E-state index contributed by atoms with van der Waals surface area (Å²) in [7, 11) is 8.31. The molecule has 0 amide bonds. The molecule has 0 heterocycles. The molecular formula is C40H36N2. The van der Waals surface area contributed by atoms with E-state index >= 15 is 0 Å². The molecule has 0 unspecified atom stereocenters. The third-order valence-corrected chi connectivity index (χ3v) is 7.97. The highest BCUT2D eigenvalue weighted by molar-refractivity contribution is 5.98. The van der Waals surface area contributed by atoms with Crippen LogP contribution in [0, 0.1) is 0 Å². The average molecular weight is 545 g/mol. The Labute approximate surface area is 250 Å². The first-order valence-electron chi connectivity index (χ1n) is 14.4. The molecule has 0 aliphatic heterocycles. The molecule has 0 spiro atoms. The summed E-state index contributed by atoms with van der Waals surface area (Å²) < 4.78 is 0. The topological polar surface area (TPSA) is 6.48 Å². The van der Waals surface area contributed by atoms with Crippen LogP contribution >= 0.6 is 0 Å². The van der Waals surface area contributed by atoms with E-state index in [1.165, 1.54) is 67.0 Å². The number of benzene rings is 6. The maximum absolute atomic E-state index is 2.26. The summed E-state index contributed by atoms with van der Waals surface area (Å²) in [5.41, 5.74) is 14.6. The van der Waals surface area contributed by atoms with E-state index in [0.717, 1.165) is 0 Å². The molecule has 0 atom stereocenters. The second-order valence-corrected chi connectivity index (χ2v) is 11.1. The van der Waals surface area contributed by atoms with E-state index in [-0.39, 0.29) is 0 Å². The van der Waals surface area contributed by atoms with Crippen molar-refractivity contribution in [3.05, 3.63) is 146 Å². The molecule has 2 nitrogen and oxygen atoms in total. The van der Waals surface area contributed by atoms with Crippen molar-refractivity contribution < 1.29 is 0 Å². The van der Waals surface area contributed by atoms with Crippen molar-refractivity contribution in [3.8, 4) is 55.6 Å². The highest BCUT2D eigenvalue weighted by atomic mass is 15.1. The molecule has 0 N–H and O–H groups in total. The van der Waals surface area contributed by atoms with Crippen molar-refractivity contribution in [2.24, 2.45) is 0 Å². The van der Waals surface area contributed by atoms with Crippen LogP contribution in [0.3, 0.4) is 0 Å². The van der Waals surface area contributed by atoms with E-state index in [4.69, 9.17) is 0 Å². The average Bonchev–Trinajstić information content (AvgIpc) is 3.05. The zero-order valence-corrected chi connectivity index (χ0v) is 24.8. The Morgan fingerprint density at radius 2 is 0.476 bits per heavy atom. The molecule has 6 rings (SSSR count).